The maximum Gasteiger partial charge on any atom is 0.0548 e. The van der Waals surface area contributed by atoms with E-state index < -0.39 is 0 Å². The lowest BCUT2D eigenvalue weighted by molar-refractivity contribution is 1.17. The third-order valence-corrected chi connectivity index (χ3v) is 21.3. The summed E-state index contributed by atoms with van der Waals surface area (Å²) in [7, 11) is 0. The van der Waals surface area contributed by atoms with Crippen molar-refractivity contribution in [2.75, 3.05) is 0 Å². The Morgan fingerprint density at radius 1 is 0.175 bits per heavy atom. The summed E-state index contributed by atoms with van der Waals surface area (Å²) in [4.78, 5) is 3.57. The van der Waals surface area contributed by atoms with Crippen LogP contribution in [0.25, 0.3) is 182 Å². The van der Waals surface area contributed by atoms with Gasteiger partial charge < -0.3 is 27.8 Å². The lowest BCUT2D eigenvalue weighted by Crippen LogP contribution is -1.95. The number of fused-ring (bicyclic) bond motifs is 20. The van der Waals surface area contributed by atoms with Gasteiger partial charge in [0.1, 0.15) is 0 Å². The first kappa shape index (κ1) is 59.8. The van der Waals surface area contributed by atoms with Gasteiger partial charge in [0.2, 0.25) is 0 Å². The minimum atomic E-state index is 1.10. The predicted octanol–water partition coefficient (Wildman–Crippen LogP) is 26.3. The molecule has 0 aliphatic rings. The van der Waals surface area contributed by atoms with Gasteiger partial charge in [-0.3, -0.25) is 0 Å². The minimum absolute atomic E-state index is 1.10. The Bertz CT molecular complexity index is 7020. The summed E-state index contributed by atoms with van der Waals surface area (Å²) in [5.41, 5.74) is 25.4. The first-order chi connectivity index (χ1) is 51.1. The van der Waals surface area contributed by atoms with E-state index in [9.17, 15) is 0 Å². The number of hydrogen-bond acceptors (Lipinski definition) is 0. The van der Waals surface area contributed by atoms with Gasteiger partial charge in [-0.1, -0.05) is 234 Å². The SMILES string of the molecule is Brc1ccc(-c2ccc3c(c2)c2ccccc2n3-c2ccccc2)cc1.c1ccc(-n2c3ccccc3c3c4c(ccc32)[nH]c2ccccc24)cc1.c1ccc(-n2c3ccccc3c3cc(-c4ccc(-n5c6ccccc6c6c7c8ccccc8n(-c8ccccc8)c7ccc65)cc4)ccc32)cc1. The fraction of sp³-hybridized carbons (Fsp3) is 0. The van der Waals surface area contributed by atoms with Crippen LogP contribution in [0.3, 0.4) is 0 Å². The van der Waals surface area contributed by atoms with Gasteiger partial charge in [-0.15, -0.1) is 0 Å². The van der Waals surface area contributed by atoms with Gasteiger partial charge in [-0.25, -0.2) is 0 Å². The second-order valence-electron chi connectivity index (χ2n) is 26.5. The molecule has 6 nitrogen and oxygen atoms in total. The molecule has 103 heavy (non-hydrogen) atoms. The number of benzene rings is 16. The number of H-pyrrole nitrogens is 1. The van der Waals surface area contributed by atoms with Crippen molar-refractivity contribution in [3.63, 3.8) is 0 Å². The molecule has 0 amide bonds. The van der Waals surface area contributed by atoms with Crippen LogP contribution in [0.2, 0.25) is 0 Å². The molecule has 6 heterocycles. The molecule has 0 aliphatic heterocycles. The summed E-state index contributed by atoms with van der Waals surface area (Å²) in [5.74, 6) is 0. The number of aromatic amines is 1. The Hall–Kier alpha value is -13.2. The molecule has 1 N–H and O–H groups in total. The van der Waals surface area contributed by atoms with Crippen molar-refractivity contribution in [3.05, 3.63) is 381 Å². The molecule has 16 aromatic carbocycles. The number of para-hydroxylation sites is 10. The molecule has 22 rings (SSSR count). The highest BCUT2D eigenvalue weighted by molar-refractivity contribution is 9.10. The molecule has 0 bridgehead atoms. The normalized spacial score (nSPS) is 11.7. The Labute approximate surface area is 601 Å². The molecule has 0 spiro atoms. The maximum absolute atomic E-state index is 3.57. The summed E-state index contributed by atoms with van der Waals surface area (Å²) in [6, 6.07) is 135. The second-order valence-corrected chi connectivity index (χ2v) is 27.4. The number of rotatable bonds is 7. The zero-order chi connectivity index (χ0) is 68.1. The standard InChI is InChI=1S/C48H31N3.C24H16BrN.C24H16N2/c1-3-13-34(14-4-1)49-41-20-10-7-17-37(41)40-31-33(25-28-44(40)49)32-23-26-36(27-24-32)51-43-22-12-9-19-39(43)48-46(51)30-29-45-47(48)38-18-8-11-21-42(38)50(45)35-15-5-2-6-16-35;25-19-13-10-17(11-14-19)18-12-15-24-22(16-18)21-8-4-5-9-23(21)26(24)20-6-2-1-3-7-20;1-2-8-16(9-3-1)26-21-13-7-5-11-18(21)24-22(26)15-14-20-23(24)17-10-4-6-12-19(17)25-20/h1-31H;1-16H;1-15,25H. The minimum Gasteiger partial charge on any atom is -0.354 e. The van der Waals surface area contributed by atoms with E-state index >= 15 is 0 Å². The molecule has 0 fully saturated rings. The lowest BCUT2D eigenvalue weighted by Gasteiger charge is -2.11. The largest absolute Gasteiger partial charge is 0.354 e. The molecule has 22 aromatic rings. The summed E-state index contributed by atoms with van der Waals surface area (Å²) in [5, 5.41) is 15.4. The zero-order valence-corrected chi connectivity index (χ0v) is 57.5. The van der Waals surface area contributed by atoms with Crippen LogP contribution in [0.4, 0.5) is 0 Å². The molecule has 0 saturated heterocycles. The fourth-order valence-electron chi connectivity index (χ4n) is 16.4. The summed E-state index contributed by atoms with van der Waals surface area (Å²) >= 11 is 3.52. The smallest absolute Gasteiger partial charge is 0.0548 e. The predicted molar refractivity (Wildman–Crippen MR) is 439 cm³/mol. The van der Waals surface area contributed by atoms with Crippen LogP contribution in [-0.2, 0) is 0 Å². The molecule has 0 saturated carbocycles. The van der Waals surface area contributed by atoms with Gasteiger partial charge in [0.15, 0.2) is 0 Å². The molecule has 6 aromatic heterocycles. The molecule has 0 atom stereocenters. The van der Waals surface area contributed by atoms with E-state index in [-0.39, 0.29) is 0 Å². The molecule has 0 aliphatic carbocycles. The number of aromatic nitrogens is 6. The van der Waals surface area contributed by atoms with Crippen molar-refractivity contribution in [2.45, 2.75) is 0 Å². The highest BCUT2D eigenvalue weighted by atomic mass is 79.9. The number of halogens is 1. The Kier molecular flexibility index (Phi) is 14.3. The van der Waals surface area contributed by atoms with E-state index in [2.05, 4.69) is 420 Å². The number of nitrogens with zero attached hydrogens (tertiary/aromatic N) is 5. The third kappa shape index (κ3) is 9.84. The van der Waals surface area contributed by atoms with Crippen LogP contribution in [0.1, 0.15) is 0 Å². The average Bonchev–Trinajstić information content (AvgIpc) is 1.56. The highest BCUT2D eigenvalue weighted by Gasteiger charge is 2.23. The van der Waals surface area contributed by atoms with Crippen LogP contribution >= 0.6 is 15.9 Å². The fourth-order valence-corrected chi connectivity index (χ4v) is 16.6. The van der Waals surface area contributed by atoms with Crippen molar-refractivity contribution >= 4 is 147 Å². The van der Waals surface area contributed by atoms with Crippen LogP contribution in [-0.4, -0.2) is 27.8 Å². The van der Waals surface area contributed by atoms with Crippen LogP contribution in [0, 0.1) is 0 Å². The summed E-state index contributed by atoms with van der Waals surface area (Å²) < 4.78 is 13.0. The second kappa shape index (κ2) is 24.6. The Morgan fingerprint density at radius 3 is 0.854 bits per heavy atom. The van der Waals surface area contributed by atoms with Crippen LogP contribution in [0.15, 0.2) is 381 Å². The van der Waals surface area contributed by atoms with E-state index in [1.165, 1.54) is 176 Å². The molecule has 0 unspecified atom stereocenters. The quantitative estimate of drug-likeness (QED) is 0.165. The first-order valence-electron chi connectivity index (χ1n) is 35.1. The zero-order valence-electron chi connectivity index (χ0n) is 55.9. The van der Waals surface area contributed by atoms with Crippen molar-refractivity contribution in [2.24, 2.45) is 0 Å². The highest BCUT2D eigenvalue weighted by Crippen LogP contribution is 2.45. The molecular formula is C96H63BrN6. The van der Waals surface area contributed by atoms with Gasteiger partial charge >= 0.3 is 0 Å². The average molecular weight is 1380 g/mol. The lowest BCUT2D eigenvalue weighted by atomic mass is 10.0. The molecule has 0 radical (unpaired) electrons. The van der Waals surface area contributed by atoms with Gasteiger partial charge in [0, 0.05) is 109 Å². The number of nitrogens with one attached hydrogen (secondary N) is 1. The van der Waals surface area contributed by atoms with Gasteiger partial charge in [-0.2, -0.15) is 0 Å². The first-order valence-corrected chi connectivity index (χ1v) is 35.9. The Morgan fingerprint density at radius 2 is 0.447 bits per heavy atom. The van der Waals surface area contributed by atoms with Gasteiger partial charge in [0.25, 0.3) is 0 Å². The van der Waals surface area contributed by atoms with Gasteiger partial charge in [-0.05, 0) is 180 Å². The van der Waals surface area contributed by atoms with E-state index in [1.54, 1.807) is 0 Å². The van der Waals surface area contributed by atoms with E-state index in [1.807, 2.05) is 0 Å². The molecule has 7 heteroatoms. The van der Waals surface area contributed by atoms with Crippen molar-refractivity contribution in [3.8, 4) is 50.7 Å². The van der Waals surface area contributed by atoms with Crippen molar-refractivity contribution < 1.29 is 0 Å². The van der Waals surface area contributed by atoms with Gasteiger partial charge in [0.05, 0.1) is 55.2 Å². The van der Waals surface area contributed by atoms with E-state index in [0.29, 0.717) is 0 Å². The topological polar surface area (TPSA) is 40.4 Å². The monoisotopic (exact) mass is 1380 g/mol. The van der Waals surface area contributed by atoms with Crippen LogP contribution < -0.4 is 0 Å². The van der Waals surface area contributed by atoms with Crippen molar-refractivity contribution in [1.29, 1.82) is 0 Å². The molecular weight excluding hydrogens is 1320 g/mol. The van der Waals surface area contributed by atoms with Crippen LogP contribution in [0.5, 0.6) is 0 Å². The maximum atomic E-state index is 3.57. The van der Waals surface area contributed by atoms with E-state index in [0.717, 1.165) is 10.2 Å². The third-order valence-electron chi connectivity index (χ3n) is 20.8. The summed E-state index contributed by atoms with van der Waals surface area (Å²) in [6.45, 7) is 0. The van der Waals surface area contributed by atoms with E-state index in [4.69, 9.17) is 0 Å². The molecule has 484 valence electrons. The summed E-state index contributed by atoms with van der Waals surface area (Å²) in [6.07, 6.45) is 0. The van der Waals surface area contributed by atoms with Crippen molar-refractivity contribution in [1.82, 2.24) is 27.8 Å². The Balaban J connectivity index is 0.000000114. The number of hydrogen-bond donors (Lipinski definition) is 1.